The van der Waals surface area contributed by atoms with Crippen LogP contribution in [0.3, 0.4) is 0 Å². The summed E-state index contributed by atoms with van der Waals surface area (Å²) in [5.41, 5.74) is 8.49. The topological polar surface area (TPSA) is 42.1 Å². The molecule has 1 aliphatic carbocycles. The van der Waals surface area contributed by atoms with Gasteiger partial charge in [0.25, 0.3) is 0 Å². The van der Waals surface area contributed by atoms with Gasteiger partial charge in [-0.3, -0.25) is 9.88 Å². The molecule has 1 aromatic heterocycles. The number of hydrogen-bond donors (Lipinski definition) is 1. The van der Waals surface area contributed by atoms with E-state index in [0.29, 0.717) is 0 Å². The van der Waals surface area contributed by atoms with Gasteiger partial charge >= 0.3 is 0 Å². The van der Waals surface area contributed by atoms with E-state index in [9.17, 15) is 0 Å². The third-order valence-electron chi connectivity index (χ3n) is 3.48. The number of nitrogens with zero attached hydrogens (tertiary/aromatic N) is 2. The first-order valence-corrected chi connectivity index (χ1v) is 6.73. The number of nitrogens with two attached hydrogens (primary N) is 1. The fourth-order valence-electron chi connectivity index (χ4n) is 2.03. The van der Waals surface area contributed by atoms with E-state index in [-0.39, 0.29) is 5.54 Å². The summed E-state index contributed by atoms with van der Waals surface area (Å²) in [7, 11) is 0. The molecule has 0 amide bonds. The minimum atomic E-state index is -0.0923. The van der Waals surface area contributed by atoms with Crippen LogP contribution in [0, 0.1) is 0 Å². The van der Waals surface area contributed by atoms with E-state index in [0.717, 1.165) is 25.1 Å². The van der Waals surface area contributed by atoms with E-state index in [1.54, 1.807) is 0 Å². The minimum Gasteiger partial charge on any atom is -0.320 e. The molecule has 1 aromatic rings. The molecule has 1 aliphatic heterocycles. The Morgan fingerprint density at radius 2 is 2.06 bits per heavy atom. The summed E-state index contributed by atoms with van der Waals surface area (Å²) in [4.78, 5) is 6.83. The molecule has 0 atom stereocenters. The molecule has 2 fully saturated rings. The van der Waals surface area contributed by atoms with Crippen LogP contribution in [0.4, 0.5) is 0 Å². The Kier molecular flexibility index (Phi) is 3.79. The second-order valence-corrected chi connectivity index (χ2v) is 4.84. The molecule has 0 radical (unpaired) electrons. The highest BCUT2D eigenvalue weighted by atomic mass is 15.2. The van der Waals surface area contributed by atoms with Crippen molar-refractivity contribution in [3.05, 3.63) is 29.6 Å². The van der Waals surface area contributed by atoms with Crippen LogP contribution in [0.25, 0.3) is 0 Å². The summed E-state index contributed by atoms with van der Waals surface area (Å²) in [6.07, 6.45) is 5.43. The third-order valence-corrected chi connectivity index (χ3v) is 3.48. The number of likely N-dealkylation sites (tertiary alicyclic amines) is 1. The molecule has 0 unspecified atom stereocenters. The summed E-state index contributed by atoms with van der Waals surface area (Å²) >= 11 is 0. The first-order valence-electron chi connectivity index (χ1n) is 6.73. The maximum atomic E-state index is 6.14. The van der Waals surface area contributed by atoms with Crippen LogP contribution in [0.1, 0.15) is 44.4 Å². The minimum absolute atomic E-state index is 0.0923. The summed E-state index contributed by atoms with van der Waals surface area (Å²) in [5.74, 6) is 0. The van der Waals surface area contributed by atoms with Crippen LogP contribution < -0.4 is 5.73 Å². The van der Waals surface area contributed by atoms with Gasteiger partial charge in [0.2, 0.25) is 0 Å². The molecule has 94 valence electrons. The van der Waals surface area contributed by atoms with E-state index in [4.69, 9.17) is 5.73 Å². The maximum Gasteiger partial charge on any atom is 0.0605 e. The number of aromatic nitrogens is 1. The monoisotopic (exact) mass is 233 g/mol. The molecule has 3 heteroatoms. The van der Waals surface area contributed by atoms with Crippen molar-refractivity contribution in [2.75, 3.05) is 13.1 Å². The van der Waals surface area contributed by atoms with Gasteiger partial charge in [-0.15, -0.1) is 0 Å². The number of hydrogen-bond acceptors (Lipinski definition) is 3. The standard InChI is InChI=1S/C12H17N3.C2H6/c13-12(3-4-12)11-8-10(2-5-14-11)9-15-6-1-7-15;1-2/h2,5,8H,1,3-4,6-7,9,13H2;1-2H3. The van der Waals surface area contributed by atoms with Crippen molar-refractivity contribution in [2.24, 2.45) is 5.73 Å². The summed E-state index contributed by atoms with van der Waals surface area (Å²) < 4.78 is 0. The maximum absolute atomic E-state index is 6.14. The highest BCUT2D eigenvalue weighted by Crippen LogP contribution is 2.41. The molecular formula is C14H23N3. The number of pyridine rings is 1. The average Bonchev–Trinajstić information content (AvgIpc) is 3.07. The molecule has 1 saturated heterocycles. The molecule has 2 N–H and O–H groups in total. The van der Waals surface area contributed by atoms with E-state index < -0.39 is 0 Å². The van der Waals surface area contributed by atoms with Crippen molar-refractivity contribution in [1.82, 2.24) is 9.88 Å². The van der Waals surface area contributed by atoms with E-state index in [2.05, 4.69) is 22.0 Å². The summed E-state index contributed by atoms with van der Waals surface area (Å²) in [6.45, 7) is 7.54. The lowest BCUT2D eigenvalue weighted by atomic mass is 10.1. The Hall–Kier alpha value is -0.930. The van der Waals surface area contributed by atoms with Gasteiger partial charge in [-0.05, 0) is 50.0 Å². The van der Waals surface area contributed by atoms with Gasteiger partial charge in [-0.2, -0.15) is 0 Å². The second kappa shape index (κ2) is 5.15. The van der Waals surface area contributed by atoms with Gasteiger partial charge in [0, 0.05) is 12.7 Å². The Morgan fingerprint density at radius 3 is 2.59 bits per heavy atom. The lowest BCUT2D eigenvalue weighted by Crippen LogP contribution is -2.36. The Bertz CT molecular complexity index is 367. The van der Waals surface area contributed by atoms with Crippen LogP contribution in [0.15, 0.2) is 18.3 Å². The zero-order valence-corrected chi connectivity index (χ0v) is 10.9. The molecule has 0 spiro atoms. The Morgan fingerprint density at radius 1 is 1.35 bits per heavy atom. The smallest absolute Gasteiger partial charge is 0.0605 e. The zero-order chi connectivity index (χ0) is 12.3. The van der Waals surface area contributed by atoms with E-state index in [1.807, 2.05) is 20.0 Å². The van der Waals surface area contributed by atoms with Crippen LogP contribution in [-0.2, 0) is 12.1 Å². The molecule has 2 aliphatic rings. The van der Waals surface area contributed by atoms with Gasteiger partial charge in [0.05, 0.1) is 11.2 Å². The first-order chi connectivity index (χ1) is 8.26. The van der Waals surface area contributed by atoms with Gasteiger partial charge in [0.1, 0.15) is 0 Å². The predicted molar refractivity (Wildman–Crippen MR) is 70.6 cm³/mol. The fourth-order valence-corrected chi connectivity index (χ4v) is 2.03. The summed E-state index contributed by atoms with van der Waals surface area (Å²) in [6, 6.07) is 4.29. The quantitative estimate of drug-likeness (QED) is 0.870. The molecule has 17 heavy (non-hydrogen) atoms. The van der Waals surface area contributed by atoms with Crippen molar-refractivity contribution in [3.8, 4) is 0 Å². The lowest BCUT2D eigenvalue weighted by molar-refractivity contribution is 0.172. The predicted octanol–water partition coefficient (Wildman–Crippen LogP) is 2.26. The van der Waals surface area contributed by atoms with E-state index >= 15 is 0 Å². The molecule has 2 heterocycles. The Labute approximate surface area is 104 Å². The van der Waals surface area contributed by atoms with Crippen LogP contribution in [0.5, 0.6) is 0 Å². The third kappa shape index (κ3) is 2.85. The first kappa shape index (κ1) is 12.5. The SMILES string of the molecule is CC.NC1(c2cc(CN3CCC3)ccn2)CC1. The van der Waals surface area contributed by atoms with Gasteiger partial charge in [0.15, 0.2) is 0 Å². The molecule has 1 saturated carbocycles. The van der Waals surface area contributed by atoms with Crippen LogP contribution in [0.2, 0.25) is 0 Å². The zero-order valence-electron chi connectivity index (χ0n) is 10.9. The largest absolute Gasteiger partial charge is 0.320 e. The van der Waals surface area contributed by atoms with Crippen LogP contribution >= 0.6 is 0 Å². The Balaban J connectivity index is 0.000000514. The molecular weight excluding hydrogens is 210 g/mol. The van der Waals surface area contributed by atoms with Crippen molar-refractivity contribution < 1.29 is 0 Å². The van der Waals surface area contributed by atoms with Gasteiger partial charge in [-0.1, -0.05) is 13.8 Å². The van der Waals surface area contributed by atoms with E-state index in [1.165, 1.54) is 25.1 Å². The van der Waals surface area contributed by atoms with Crippen molar-refractivity contribution >= 4 is 0 Å². The van der Waals surface area contributed by atoms with Gasteiger partial charge < -0.3 is 5.73 Å². The highest BCUT2D eigenvalue weighted by Gasteiger charge is 2.41. The lowest BCUT2D eigenvalue weighted by Gasteiger charge is -2.30. The summed E-state index contributed by atoms with van der Waals surface area (Å²) in [5, 5.41) is 0. The van der Waals surface area contributed by atoms with Crippen LogP contribution in [-0.4, -0.2) is 23.0 Å². The average molecular weight is 233 g/mol. The highest BCUT2D eigenvalue weighted by molar-refractivity contribution is 5.26. The van der Waals surface area contributed by atoms with Crippen molar-refractivity contribution in [2.45, 2.75) is 45.2 Å². The van der Waals surface area contributed by atoms with Crippen molar-refractivity contribution in [1.29, 1.82) is 0 Å². The number of rotatable bonds is 3. The second-order valence-electron chi connectivity index (χ2n) is 4.84. The molecule has 3 rings (SSSR count). The molecule has 0 aromatic carbocycles. The molecule has 0 bridgehead atoms. The van der Waals surface area contributed by atoms with Crippen molar-refractivity contribution in [3.63, 3.8) is 0 Å². The normalized spacial score (nSPS) is 21.1. The van der Waals surface area contributed by atoms with Gasteiger partial charge in [-0.25, -0.2) is 0 Å². The molecule has 3 nitrogen and oxygen atoms in total. The fraction of sp³-hybridized carbons (Fsp3) is 0.643.